The molecule has 0 unspecified atom stereocenters. The number of hydrogen-bond donors (Lipinski definition) is 2. The molecule has 0 spiro atoms. The van der Waals surface area contributed by atoms with Crippen molar-refractivity contribution in [2.24, 2.45) is 5.92 Å². The van der Waals surface area contributed by atoms with Crippen LogP contribution in [0.25, 0.3) is 0 Å². The molecule has 3 N–H and O–H groups in total. The van der Waals surface area contributed by atoms with Crippen molar-refractivity contribution in [3.63, 3.8) is 0 Å². The van der Waals surface area contributed by atoms with Crippen LogP contribution in [0.15, 0.2) is 24.3 Å². The van der Waals surface area contributed by atoms with Crippen LogP contribution in [0.3, 0.4) is 0 Å². The van der Waals surface area contributed by atoms with Crippen LogP contribution in [0, 0.1) is 5.92 Å². The second kappa shape index (κ2) is 6.78. The summed E-state index contributed by atoms with van der Waals surface area (Å²) in [6.07, 6.45) is 0.529. The number of nitrogens with one attached hydrogen (secondary N) is 1. The second-order valence-corrected chi connectivity index (χ2v) is 4.80. The highest BCUT2D eigenvalue weighted by molar-refractivity contribution is 5.97. The maximum Gasteiger partial charge on any atom is 0.328 e. The SMILES string of the molecule is COC(=O)[C@@H](CC(C)C)NC(=O)c1cccc(N)c1. The van der Waals surface area contributed by atoms with Crippen LogP contribution in [-0.2, 0) is 9.53 Å². The van der Waals surface area contributed by atoms with E-state index in [1.54, 1.807) is 24.3 Å². The zero-order valence-electron chi connectivity index (χ0n) is 11.5. The third-order valence-electron chi connectivity index (χ3n) is 2.65. The topological polar surface area (TPSA) is 81.4 Å². The fourth-order valence-corrected chi connectivity index (χ4v) is 1.75. The molecule has 104 valence electrons. The van der Waals surface area contributed by atoms with E-state index >= 15 is 0 Å². The largest absolute Gasteiger partial charge is 0.467 e. The zero-order valence-corrected chi connectivity index (χ0v) is 11.5. The molecule has 1 amide bonds. The molecule has 1 rings (SSSR count). The van der Waals surface area contributed by atoms with Gasteiger partial charge < -0.3 is 15.8 Å². The Labute approximate surface area is 113 Å². The van der Waals surface area contributed by atoms with E-state index in [2.05, 4.69) is 5.32 Å². The van der Waals surface area contributed by atoms with Crippen LogP contribution in [0.1, 0.15) is 30.6 Å². The van der Waals surface area contributed by atoms with Crippen molar-refractivity contribution in [1.29, 1.82) is 0 Å². The summed E-state index contributed by atoms with van der Waals surface area (Å²) < 4.78 is 4.70. The van der Waals surface area contributed by atoms with Crippen molar-refractivity contribution >= 4 is 17.6 Å². The van der Waals surface area contributed by atoms with Gasteiger partial charge in [0, 0.05) is 11.3 Å². The molecule has 0 bridgehead atoms. The molecule has 0 saturated carbocycles. The fraction of sp³-hybridized carbons (Fsp3) is 0.429. The number of esters is 1. The van der Waals surface area contributed by atoms with Gasteiger partial charge in [0.1, 0.15) is 6.04 Å². The Bertz CT molecular complexity index is 458. The van der Waals surface area contributed by atoms with Crippen molar-refractivity contribution in [1.82, 2.24) is 5.32 Å². The zero-order chi connectivity index (χ0) is 14.4. The first kappa shape index (κ1) is 15.0. The fourth-order valence-electron chi connectivity index (χ4n) is 1.75. The molecular weight excluding hydrogens is 244 g/mol. The van der Waals surface area contributed by atoms with Gasteiger partial charge in [-0.2, -0.15) is 0 Å². The van der Waals surface area contributed by atoms with E-state index in [0.717, 1.165) is 0 Å². The monoisotopic (exact) mass is 264 g/mol. The highest BCUT2D eigenvalue weighted by Crippen LogP contribution is 2.10. The lowest BCUT2D eigenvalue weighted by molar-refractivity contribution is -0.143. The first-order valence-corrected chi connectivity index (χ1v) is 6.18. The minimum Gasteiger partial charge on any atom is -0.467 e. The molecular formula is C14H20N2O3. The van der Waals surface area contributed by atoms with Crippen molar-refractivity contribution in [3.8, 4) is 0 Å². The van der Waals surface area contributed by atoms with Crippen molar-refractivity contribution in [2.45, 2.75) is 26.3 Å². The quantitative estimate of drug-likeness (QED) is 0.625. The number of carbonyl (C=O) groups is 2. The molecule has 0 saturated heterocycles. The number of nitrogens with two attached hydrogens (primary N) is 1. The van der Waals surface area contributed by atoms with Gasteiger partial charge in [0.05, 0.1) is 7.11 Å². The third kappa shape index (κ3) is 4.62. The lowest BCUT2D eigenvalue weighted by Crippen LogP contribution is -2.42. The van der Waals surface area contributed by atoms with E-state index in [4.69, 9.17) is 10.5 Å². The normalized spacial score (nSPS) is 12.0. The van der Waals surface area contributed by atoms with E-state index in [-0.39, 0.29) is 11.8 Å². The summed E-state index contributed by atoms with van der Waals surface area (Å²) in [6, 6.07) is 5.97. The smallest absolute Gasteiger partial charge is 0.328 e. The molecule has 5 nitrogen and oxygen atoms in total. The van der Waals surface area contributed by atoms with Crippen LogP contribution in [-0.4, -0.2) is 25.0 Å². The van der Waals surface area contributed by atoms with Gasteiger partial charge in [-0.3, -0.25) is 4.79 Å². The van der Waals surface area contributed by atoms with Crippen LogP contribution >= 0.6 is 0 Å². The van der Waals surface area contributed by atoms with Crippen LogP contribution < -0.4 is 11.1 Å². The molecule has 5 heteroatoms. The Morgan fingerprint density at radius 1 is 1.37 bits per heavy atom. The molecule has 0 aromatic heterocycles. The molecule has 0 radical (unpaired) electrons. The number of benzene rings is 1. The van der Waals surface area contributed by atoms with Gasteiger partial charge in [-0.05, 0) is 30.5 Å². The third-order valence-corrected chi connectivity index (χ3v) is 2.65. The van der Waals surface area contributed by atoms with Crippen LogP contribution in [0.5, 0.6) is 0 Å². The van der Waals surface area contributed by atoms with Crippen molar-refractivity contribution in [3.05, 3.63) is 29.8 Å². The minimum absolute atomic E-state index is 0.269. The summed E-state index contributed by atoms with van der Waals surface area (Å²) in [6.45, 7) is 3.95. The second-order valence-electron chi connectivity index (χ2n) is 4.80. The van der Waals surface area contributed by atoms with E-state index < -0.39 is 12.0 Å². The van der Waals surface area contributed by atoms with Gasteiger partial charge >= 0.3 is 5.97 Å². The predicted octanol–water partition coefficient (Wildman–Crippen LogP) is 1.59. The van der Waals surface area contributed by atoms with Gasteiger partial charge in [-0.25, -0.2) is 4.79 Å². The molecule has 0 fully saturated rings. The van der Waals surface area contributed by atoms with Gasteiger partial charge in [-0.1, -0.05) is 19.9 Å². The number of rotatable bonds is 5. The standard InChI is InChI=1S/C14H20N2O3/c1-9(2)7-12(14(18)19-3)16-13(17)10-5-4-6-11(15)8-10/h4-6,8-9,12H,7,15H2,1-3H3,(H,16,17)/t12-/m1/s1. The van der Waals surface area contributed by atoms with E-state index in [0.29, 0.717) is 17.7 Å². The maximum absolute atomic E-state index is 12.0. The predicted molar refractivity (Wildman–Crippen MR) is 73.6 cm³/mol. The molecule has 0 aliphatic carbocycles. The summed E-state index contributed by atoms with van der Waals surface area (Å²) >= 11 is 0. The summed E-state index contributed by atoms with van der Waals surface area (Å²) in [5, 5.41) is 2.67. The average molecular weight is 264 g/mol. The molecule has 0 aliphatic rings. The number of nitrogen functional groups attached to an aromatic ring is 1. The summed E-state index contributed by atoms with van der Waals surface area (Å²) in [4.78, 5) is 23.7. The Hall–Kier alpha value is -2.04. The van der Waals surface area contributed by atoms with E-state index in [1.165, 1.54) is 7.11 Å². The van der Waals surface area contributed by atoms with Crippen LogP contribution in [0.2, 0.25) is 0 Å². The number of ether oxygens (including phenoxy) is 1. The van der Waals surface area contributed by atoms with Gasteiger partial charge in [0.15, 0.2) is 0 Å². The van der Waals surface area contributed by atoms with E-state index in [9.17, 15) is 9.59 Å². The lowest BCUT2D eigenvalue weighted by Gasteiger charge is -2.18. The van der Waals surface area contributed by atoms with Gasteiger partial charge in [-0.15, -0.1) is 0 Å². The molecule has 1 aromatic rings. The van der Waals surface area contributed by atoms with Crippen LogP contribution in [0.4, 0.5) is 5.69 Å². The Kier molecular flexibility index (Phi) is 5.36. The first-order chi connectivity index (χ1) is 8.93. The highest BCUT2D eigenvalue weighted by Gasteiger charge is 2.23. The molecule has 1 aromatic carbocycles. The van der Waals surface area contributed by atoms with Gasteiger partial charge in [0.2, 0.25) is 0 Å². The lowest BCUT2D eigenvalue weighted by atomic mass is 10.0. The maximum atomic E-state index is 12.0. The Morgan fingerprint density at radius 2 is 2.05 bits per heavy atom. The summed E-state index contributed by atoms with van der Waals surface area (Å²) in [7, 11) is 1.31. The Morgan fingerprint density at radius 3 is 2.58 bits per heavy atom. The number of anilines is 1. The Balaban J connectivity index is 2.78. The number of carbonyl (C=O) groups excluding carboxylic acids is 2. The first-order valence-electron chi connectivity index (χ1n) is 6.18. The molecule has 0 heterocycles. The molecule has 0 aliphatic heterocycles. The molecule has 19 heavy (non-hydrogen) atoms. The highest BCUT2D eigenvalue weighted by atomic mass is 16.5. The summed E-state index contributed by atoms with van der Waals surface area (Å²) in [5.74, 6) is -0.500. The average Bonchev–Trinajstić information content (AvgIpc) is 2.36. The van der Waals surface area contributed by atoms with Crippen molar-refractivity contribution < 1.29 is 14.3 Å². The number of methoxy groups -OCH3 is 1. The minimum atomic E-state index is -0.640. The summed E-state index contributed by atoms with van der Waals surface area (Å²) in [5.41, 5.74) is 6.56. The molecule has 1 atom stereocenters. The number of hydrogen-bond acceptors (Lipinski definition) is 4. The van der Waals surface area contributed by atoms with E-state index in [1.807, 2.05) is 13.8 Å². The van der Waals surface area contributed by atoms with Crippen molar-refractivity contribution in [2.75, 3.05) is 12.8 Å². The van der Waals surface area contributed by atoms with Gasteiger partial charge in [0.25, 0.3) is 5.91 Å². The number of amides is 1.